The van der Waals surface area contributed by atoms with E-state index < -0.39 is 5.97 Å². The molecule has 86 valence electrons. The second-order valence-electron chi connectivity index (χ2n) is 4.36. The summed E-state index contributed by atoms with van der Waals surface area (Å²) in [6.45, 7) is 4.26. The maximum atomic E-state index is 10.9. The summed E-state index contributed by atoms with van der Waals surface area (Å²) in [6, 6.07) is 5.43. The molecule has 0 amide bonds. The molecule has 0 saturated carbocycles. The van der Waals surface area contributed by atoms with Crippen LogP contribution in [-0.4, -0.2) is 22.1 Å². The zero-order chi connectivity index (χ0) is 11.7. The van der Waals surface area contributed by atoms with Crippen molar-refractivity contribution in [1.29, 1.82) is 0 Å². The molecule has 1 heterocycles. The highest BCUT2D eigenvalue weighted by molar-refractivity contribution is 8.01. The van der Waals surface area contributed by atoms with E-state index >= 15 is 0 Å². The van der Waals surface area contributed by atoms with Crippen LogP contribution in [0, 0.1) is 6.92 Å². The molecule has 2 unspecified atom stereocenters. The standard InChI is InChI=1S/C13H16O2S/c1-8-3-4-10(13(14)15)7-11(8)9(2)12-5-6-16-12/h3-4,7,9,12H,5-6H2,1-2H3,(H,14,15). The first-order valence-corrected chi connectivity index (χ1v) is 6.60. The van der Waals surface area contributed by atoms with E-state index in [-0.39, 0.29) is 0 Å². The monoisotopic (exact) mass is 236 g/mol. The predicted octanol–water partition coefficient (Wildman–Crippen LogP) is 3.30. The van der Waals surface area contributed by atoms with Crippen molar-refractivity contribution < 1.29 is 9.90 Å². The number of rotatable bonds is 3. The Kier molecular flexibility index (Phi) is 3.24. The van der Waals surface area contributed by atoms with Crippen molar-refractivity contribution in [3.8, 4) is 0 Å². The Morgan fingerprint density at radius 2 is 2.25 bits per heavy atom. The van der Waals surface area contributed by atoms with Gasteiger partial charge in [0.2, 0.25) is 0 Å². The molecule has 0 aromatic heterocycles. The minimum Gasteiger partial charge on any atom is -0.478 e. The lowest BCUT2D eigenvalue weighted by Crippen LogP contribution is -2.23. The number of carboxylic acid groups (broad SMARTS) is 1. The number of thioether (sulfide) groups is 1. The molecular weight excluding hydrogens is 220 g/mol. The summed E-state index contributed by atoms with van der Waals surface area (Å²) in [7, 11) is 0. The number of hydrogen-bond acceptors (Lipinski definition) is 2. The van der Waals surface area contributed by atoms with Gasteiger partial charge < -0.3 is 5.11 Å². The average Bonchev–Trinajstić information content (AvgIpc) is 2.15. The molecule has 0 radical (unpaired) electrons. The van der Waals surface area contributed by atoms with Gasteiger partial charge in [-0.05, 0) is 48.3 Å². The minimum atomic E-state index is -0.838. The van der Waals surface area contributed by atoms with Gasteiger partial charge in [-0.15, -0.1) is 0 Å². The SMILES string of the molecule is Cc1ccc(C(=O)O)cc1C(C)C1CCS1. The molecule has 1 N–H and O–H groups in total. The lowest BCUT2D eigenvalue weighted by molar-refractivity contribution is 0.0696. The summed E-state index contributed by atoms with van der Waals surface area (Å²) in [4.78, 5) is 10.9. The summed E-state index contributed by atoms with van der Waals surface area (Å²) in [5, 5.41) is 9.66. The fourth-order valence-electron chi connectivity index (χ4n) is 2.11. The lowest BCUT2D eigenvalue weighted by Gasteiger charge is -2.32. The summed E-state index contributed by atoms with van der Waals surface area (Å²) in [6.07, 6.45) is 1.25. The van der Waals surface area contributed by atoms with Crippen molar-refractivity contribution in [3.05, 3.63) is 34.9 Å². The lowest BCUT2D eigenvalue weighted by atomic mass is 9.90. The number of aryl methyl sites for hydroxylation is 1. The van der Waals surface area contributed by atoms with E-state index in [1.54, 1.807) is 6.07 Å². The van der Waals surface area contributed by atoms with Gasteiger partial charge in [-0.25, -0.2) is 4.79 Å². The molecule has 1 aliphatic rings. The maximum absolute atomic E-state index is 10.9. The van der Waals surface area contributed by atoms with Crippen LogP contribution in [-0.2, 0) is 0 Å². The van der Waals surface area contributed by atoms with E-state index in [9.17, 15) is 4.79 Å². The molecule has 1 aromatic carbocycles. The van der Waals surface area contributed by atoms with E-state index in [4.69, 9.17) is 5.11 Å². The van der Waals surface area contributed by atoms with Crippen LogP contribution in [0.1, 0.15) is 40.7 Å². The molecule has 2 atom stereocenters. The Balaban J connectivity index is 2.30. The molecule has 1 aromatic rings. The van der Waals surface area contributed by atoms with Gasteiger partial charge in [-0.1, -0.05) is 13.0 Å². The summed E-state index contributed by atoms with van der Waals surface area (Å²) >= 11 is 1.98. The summed E-state index contributed by atoms with van der Waals surface area (Å²) < 4.78 is 0. The summed E-state index contributed by atoms with van der Waals surface area (Å²) in [5.74, 6) is 0.861. The van der Waals surface area contributed by atoms with Crippen molar-refractivity contribution in [2.24, 2.45) is 0 Å². The topological polar surface area (TPSA) is 37.3 Å². The van der Waals surface area contributed by atoms with Crippen LogP contribution >= 0.6 is 11.8 Å². The third-order valence-corrected chi connectivity index (χ3v) is 4.85. The number of carboxylic acids is 1. The van der Waals surface area contributed by atoms with Crippen LogP contribution < -0.4 is 0 Å². The van der Waals surface area contributed by atoms with Crippen molar-refractivity contribution in [3.63, 3.8) is 0 Å². The highest BCUT2D eigenvalue weighted by Crippen LogP contribution is 2.40. The van der Waals surface area contributed by atoms with Gasteiger partial charge in [0.25, 0.3) is 0 Å². The van der Waals surface area contributed by atoms with E-state index in [0.717, 1.165) is 0 Å². The third kappa shape index (κ3) is 2.09. The van der Waals surface area contributed by atoms with Gasteiger partial charge >= 0.3 is 5.97 Å². The normalized spacial score (nSPS) is 21.2. The van der Waals surface area contributed by atoms with Gasteiger partial charge in [0.15, 0.2) is 0 Å². The summed E-state index contributed by atoms with van der Waals surface area (Å²) in [5.41, 5.74) is 2.79. The van der Waals surface area contributed by atoms with E-state index in [1.807, 2.05) is 23.9 Å². The Morgan fingerprint density at radius 1 is 1.56 bits per heavy atom. The van der Waals surface area contributed by atoms with Crippen LogP contribution in [0.3, 0.4) is 0 Å². The molecular formula is C13H16O2S. The number of benzene rings is 1. The molecule has 16 heavy (non-hydrogen) atoms. The Morgan fingerprint density at radius 3 is 2.75 bits per heavy atom. The predicted molar refractivity (Wildman–Crippen MR) is 67.4 cm³/mol. The number of hydrogen-bond donors (Lipinski definition) is 1. The van der Waals surface area contributed by atoms with Crippen molar-refractivity contribution in [2.45, 2.75) is 31.4 Å². The second kappa shape index (κ2) is 4.50. The fourth-order valence-corrected chi connectivity index (χ4v) is 3.06. The Bertz CT molecular complexity index is 410. The molecule has 3 heteroatoms. The maximum Gasteiger partial charge on any atom is 0.335 e. The Hall–Kier alpha value is -0.960. The van der Waals surface area contributed by atoms with Gasteiger partial charge in [0.05, 0.1) is 5.56 Å². The van der Waals surface area contributed by atoms with Crippen molar-refractivity contribution in [1.82, 2.24) is 0 Å². The van der Waals surface area contributed by atoms with Crippen molar-refractivity contribution in [2.75, 3.05) is 5.75 Å². The van der Waals surface area contributed by atoms with E-state index in [1.165, 1.54) is 23.3 Å². The zero-order valence-corrected chi connectivity index (χ0v) is 10.4. The van der Waals surface area contributed by atoms with Crippen LogP contribution in [0.4, 0.5) is 0 Å². The van der Waals surface area contributed by atoms with Crippen LogP contribution in [0.25, 0.3) is 0 Å². The van der Waals surface area contributed by atoms with Crippen molar-refractivity contribution >= 4 is 17.7 Å². The highest BCUT2D eigenvalue weighted by Gasteiger charge is 2.27. The number of carbonyl (C=O) groups is 1. The Labute approximate surface area is 100 Å². The molecule has 0 spiro atoms. The molecule has 0 bridgehead atoms. The largest absolute Gasteiger partial charge is 0.478 e. The van der Waals surface area contributed by atoms with Crippen LogP contribution in [0.15, 0.2) is 18.2 Å². The average molecular weight is 236 g/mol. The van der Waals surface area contributed by atoms with E-state index in [0.29, 0.717) is 16.7 Å². The quantitative estimate of drug-likeness (QED) is 0.875. The molecule has 2 nitrogen and oxygen atoms in total. The minimum absolute atomic E-state index is 0.400. The van der Waals surface area contributed by atoms with Crippen LogP contribution in [0.5, 0.6) is 0 Å². The fraction of sp³-hybridized carbons (Fsp3) is 0.462. The first-order valence-electron chi connectivity index (χ1n) is 5.55. The zero-order valence-electron chi connectivity index (χ0n) is 9.56. The molecule has 1 saturated heterocycles. The highest BCUT2D eigenvalue weighted by atomic mass is 32.2. The molecule has 1 aliphatic heterocycles. The second-order valence-corrected chi connectivity index (χ2v) is 5.71. The van der Waals surface area contributed by atoms with Gasteiger partial charge in [0.1, 0.15) is 0 Å². The van der Waals surface area contributed by atoms with Gasteiger partial charge in [-0.2, -0.15) is 11.8 Å². The first kappa shape index (κ1) is 11.5. The van der Waals surface area contributed by atoms with Gasteiger partial charge in [-0.3, -0.25) is 0 Å². The molecule has 2 rings (SSSR count). The third-order valence-electron chi connectivity index (χ3n) is 3.31. The van der Waals surface area contributed by atoms with E-state index in [2.05, 4.69) is 13.8 Å². The molecule has 0 aliphatic carbocycles. The smallest absolute Gasteiger partial charge is 0.335 e. The molecule has 1 fully saturated rings. The first-order chi connectivity index (χ1) is 7.59. The number of aromatic carboxylic acids is 1. The van der Waals surface area contributed by atoms with Crippen LogP contribution in [0.2, 0.25) is 0 Å². The van der Waals surface area contributed by atoms with Gasteiger partial charge in [0, 0.05) is 5.25 Å².